The van der Waals surface area contributed by atoms with Gasteiger partial charge in [0.1, 0.15) is 5.76 Å². The zero-order valence-electron chi connectivity index (χ0n) is 11.0. The lowest BCUT2D eigenvalue weighted by molar-refractivity contribution is 0.518. The van der Waals surface area contributed by atoms with Crippen LogP contribution < -0.4 is 5.32 Å². The molecule has 1 fully saturated rings. The van der Waals surface area contributed by atoms with E-state index in [1.54, 1.807) is 6.26 Å². The van der Waals surface area contributed by atoms with Crippen molar-refractivity contribution in [1.82, 2.24) is 0 Å². The predicted molar refractivity (Wildman–Crippen MR) is 80.6 cm³/mol. The molecule has 1 aromatic heterocycles. The van der Waals surface area contributed by atoms with Crippen molar-refractivity contribution in [2.24, 2.45) is 0 Å². The molecule has 1 aliphatic rings. The minimum Gasteiger partial charge on any atom is -0.467 e. The van der Waals surface area contributed by atoms with Crippen LogP contribution in [0.25, 0.3) is 0 Å². The van der Waals surface area contributed by atoms with Crippen LogP contribution in [-0.4, -0.2) is 5.25 Å². The van der Waals surface area contributed by atoms with Crippen molar-refractivity contribution >= 4 is 17.4 Å². The quantitative estimate of drug-likeness (QED) is 0.836. The van der Waals surface area contributed by atoms with Crippen LogP contribution in [0.15, 0.2) is 52.0 Å². The third-order valence-corrected chi connectivity index (χ3v) is 4.93. The highest BCUT2D eigenvalue weighted by Gasteiger charge is 2.17. The van der Waals surface area contributed by atoms with Crippen molar-refractivity contribution in [2.45, 2.75) is 42.4 Å². The molecule has 2 nitrogen and oxygen atoms in total. The maximum atomic E-state index is 5.36. The van der Waals surface area contributed by atoms with Crippen LogP contribution in [0.2, 0.25) is 0 Å². The second kappa shape index (κ2) is 6.20. The van der Waals surface area contributed by atoms with Gasteiger partial charge in [-0.25, -0.2) is 0 Å². The second-order valence-corrected chi connectivity index (χ2v) is 6.30. The molecule has 2 aromatic rings. The van der Waals surface area contributed by atoms with Gasteiger partial charge in [0.2, 0.25) is 0 Å². The number of hydrogen-bond acceptors (Lipinski definition) is 3. The van der Waals surface area contributed by atoms with Crippen molar-refractivity contribution in [3.63, 3.8) is 0 Å². The van der Waals surface area contributed by atoms with Gasteiger partial charge in [0.15, 0.2) is 0 Å². The highest BCUT2D eigenvalue weighted by Crippen LogP contribution is 2.38. The van der Waals surface area contributed by atoms with Gasteiger partial charge >= 0.3 is 0 Å². The van der Waals surface area contributed by atoms with E-state index in [1.807, 2.05) is 23.9 Å². The normalized spacial score (nSPS) is 15.8. The molecule has 1 aliphatic carbocycles. The van der Waals surface area contributed by atoms with Crippen LogP contribution in [-0.2, 0) is 6.54 Å². The molecule has 100 valence electrons. The minimum absolute atomic E-state index is 0.745. The summed E-state index contributed by atoms with van der Waals surface area (Å²) in [6, 6.07) is 12.5. The number of furan rings is 1. The zero-order valence-corrected chi connectivity index (χ0v) is 11.8. The van der Waals surface area contributed by atoms with Crippen molar-refractivity contribution < 1.29 is 4.42 Å². The number of thioether (sulfide) groups is 1. The van der Waals surface area contributed by atoms with Gasteiger partial charge in [-0.05, 0) is 37.1 Å². The Morgan fingerprint density at radius 1 is 1.11 bits per heavy atom. The van der Waals surface area contributed by atoms with Gasteiger partial charge in [-0.15, -0.1) is 11.8 Å². The van der Waals surface area contributed by atoms with E-state index in [4.69, 9.17) is 4.42 Å². The summed E-state index contributed by atoms with van der Waals surface area (Å²) in [5.74, 6) is 0.973. The van der Waals surface area contributed by atoms with Crippen LogP contribution in [0.1, 0.15) is 31.4 Å². The largest absolute Gasteiger partial charge is 0.467 e. The van der Waals surface area contributed by atoms with Gasteiger partial charge in [0, 0.05) is 15.8 Å². The standard InChI is InChI=1S/C16H19NOS/c1-2-8-14(7-1)19-16-10-4-3-9-15(16)17-12-13-6-5-11-18-13/h3-6,9-11,14,17H,1-2,7-8,12H2. The molecule has 0 bridgehead atoms. The molecule has 19 heavy (non-hydrogen) atoms. The highest BCUT2D eigenvalue weighted by atomic mass is 32.2. The van der Waals surface area contributed by atoms with Gasteiger partial charge in [0.25, 0.3) is 0 Å². The van der Waals surface area contributed by atoms with E-state index in [2.05, 4.69) is 29.6 Å². The molecule has 3 rings (SSSR count). The number of para-hydroxylation sites is 1. The SMILES string of the molecule is c1coc(CNc2ccccc2SC2CCCC2)c1. The lowest BCUT2D eigenvalue weighted by atomic mass is 10.3. The summed E-state index contributed by atoms with van der Waals surface area (Å²) in [7, 11) is 0. The maximum Gasteiger partial charge on any atom is 0.122 e. The first-order chi connectivity index (χ1) is 9.42. The smallest absolute Gasteiger partial charge is 0.122 e. The number of anilines is 1. The summed E-state index contributed by atoms with van der Waals surface area (Å²) in [5.41, 5.74) is 1.22. The third kappa shape index (κ3) is 3.35. The predicted octanol–water partition coefficient (Wildman–Crippen LogP) is 4.93. The van der Waals surface area contributed by atoms with Gasteiger partial charge in [-0.1, -0.05) is 25.0 Å². The monoisotopic (exact) mass is 273 g/mol. The Morgan fingerprint density at radius 3 is 2.74 bits per heavy atom. The van der Waals surface area contributed by atoms with E-state index < -0.39 is 0 Å². The Labute approximate surface area is 118 Å². The van der Waals surface area contributed by atoms with Gasteiger partial charge < -0.3 is 9.73 Å². The van der Waals surface area contributed by atoms with E-state index in [0.717, 1.165) is 17.6 Å². The van der Waals surface area contributed by atoms with Gasteiger partial charge in [0.05, 0.1) is 12.8 Å². The fourth-order valence-corrected chi connectivity index (χ4v) is 3.85. The number of rotatable bonds is 5. The van der Waals surface area contributed by atoms with E-state index in [0.29, 0.717) is 0 Å². The molecule has 0 unspecified atom stereocenters. The highest BCUT2D eigenvalue weighted by molar-refractivity contribution is 8.00. The Balaban J connectivity index is 1.66. The molecule has 3 heteroatoms. The van der Waals surface area contributed by atoms with Crippen LogP contribution >= 0.6 is 11.8 Å². The zero-order chi connectivity index (χ0) is 12.9. The van der Waals surface area contributed by atoms with Crippen LogP contribution in [0.3, 0.4) is 0 Å². The van der Waals surface area contributed by atoms with Crippen LogP contribution in [0, 0.1) is 0 Å². The summed E-state index contributed by atoms with van der Waals surface area (Å²) in [5, 5.41) is 4.27. The van der Waals surface area contributed by atoms with E-state index in [9.17, 15) is 0 Å². The maximum absolute atomic E-state index is 5.36. The average molecular weight is 273 g/mol. The topological polar surface area (TPSA) is 25.2 Å². The minimum atomic E-state index is 0.745. The number of hydrogen-bond donors (Lipinski definition) is 1. The third-order valence-electron chi connectivity index (χ3n) is 3.52. The summed E-state index contributed by atoms with van der Waals surface area (Å²) < 4.78 is 5.36. The molecule has 0 aliphatic heterocycles. The molecule has 0 saturated heterocycles. The van der Waals surface area contributed by atoms with Gasteiger partial charge in [-0.3, -0.25) is 0 Å². The van der Waals surface area contributed by atoms with E-state index >= 15 is 0 Å². The first-order valence-electron chi connectivity index (χ1n) is 6.94. The van der Waals surface area contributed by atoms with Crippen LogP contribution in [0.5, 0.6) is 0 Å². The summed E-state index contributed by atoms with van der Waals surface area (Å²) >= 11 is 2.02. The number of nitrogens with one attached hydrogen (secondary N) is 1. The Bertz CT molecular complexity index is 503. The average Bonchev–Trinajstić information content (AvgIpc) is 3.10. The van der Waals surface area contributed by atoms with Gasteiger partial charge in [-0.2, -0.15) is 0 Å². The van der Waals surface area contributed by atoms with E-state index in [-0.39, 0.29) is 0 Å². The molecule has 0 amide bonds. The van der Waals surface area contributed by atoms with Crippen molar-refractivity contribution in [2.75, 3.05) is 5.32 Å². The molecule has 0 radical (unpaired) electrons. The summed E-state index contributed by atoms with van der Waals surface area (Å²) in [6.45, 7) is 0.745. The summed E-state index contributed by atoms with van der Waals surface area (Å²) in [6.07, 6.45) is 7.21. The molecular weight excluding hydrogens is 254 g/mol. The summed E-state index contributed by atoms with van der Waals surface area (Å²) in [4.78, 5) is 1.36. The lowest BCUT2D eigenvalue weighted by Gasteiger charge is -2.14. The fourth-order valence-electron chi connectivity index (χ4n) is 2.50. The Hall–Kier alpha value is -1.35. The first kappa shape index (κ1) is 12.7. The Kier molecular flexibility index (Phi) is 4.13. The molecule has 0 spiro atoms. The second-order valence-electron chi connectivity index (χ2n) is 4.95. The van der Waals surface area contributed by atoms with Crippen LogP contribution in [0.4, 0.5) is 5.69 Å². The first-order valence-corrected chi connectivity index (χ1v) is 7.82. The molecule has 1 saturated carbocycles. The van der Waals surface area contributed by atoms with Crippen molar-refractivity contribution in [3.05, 3.63) is 48.4 Å². The molecule has 1 aromatic carbocycles. The lowest BCUT2D eigenvalue weighted by Crippen LogP contribution is -2.01. The molecule has 1 N–H and O–H groups in total. The molecule has 1 heterocycles. The number of benzene rings is 1. The van der Waals surface area contributed by atoms with E-state index in [1.165, 1.54) is 36.3 Å². The Morgan fingerprint density at radius 2 is 1.95 bits per heavy atom. The molecule has 0 atom stereocenters. The fraction of sp³-hybridized carbons (Fsp3) is 0.375. The molecular formula is C16H19NOS. The van der Waals surface area contributed by atoms with Crippen molar-refractivity contribution in [3.8, 4) is 0 Å². The van der Waals surface area contributed by atoms with Crippen molar-refractivity contribution in [1.29, 1.82) is 0 Å².